The molecule has 0 fully saturated rings. The van der Waals surface area contributed by atoms with Gasteiger partial charge in [0.05, 0.1) is 23.6 Å². The van der Waals surface area contributed by atoms with E-state index in [1.165, 1.54) is 11.3 Å². The minimum Gasteiger partial charge on any atom is -0.326 e. The number of amides is 1. The maximum atomic E-state index is 12.9. The van der Waals surface area contributed by atoms with Crippen LogP contribution < -0.4 is 11.1 Å². The molecule has 0 aliphatic heterocycles. The number of anilines is 1. The highest BCUT2D eigenvalue weighted by Crippen LogP contribution is 2.33. The van der Waals surface area contributed by atoms with Crippen molar-refractivity contribution in [3.05, 3.63) is 71.6 Å². The van der Waals surface area contributed by atoms with Gasteiger partial charge in [0.1, 0.15) is 10.7 Å². The molecule has 2 aromatic carbocycles. The lowest BCUT2D eigenvalue weighted by atomic mass is 10.00. The molecular weight excluding hydrogens is 398 g/mol. The van der Waals surface area contributed by atoms with Crippen LogP contribution in [0.5, 0.6) is 0 Å². The van der Waals surface area contributed by atoms with Crippen LogP contribution in [-0.4, -0.2) is 31.3 Å². The molecule has 0 bridgehead atoms. The third-order valence-corrected chi connectivity index (χ3v) is 5.70. The molecule has 0 saturated carbocycles. The van der Waals surface area contributed by atoms with Gasteiger partial charge in [-0.2, -0.15) is 10.2 Å². The Morgan fingerprint density at radius 3 is 2.73 bits per heavy atom. The van der Waals surface area contributed by atoms with Crippen LogP contribution in [0.2, 0.25) is 0 Å². The van der Waals surface area contributed by atoms with E-state index in [2.05, 4.69) is 30.7 Å². The molecule has 5 aromatic rings. The monoisotopic (exact) mass is 415 g/mol. The molecule has 0 aliphatic carbocycles. The third kappa shape index (κ3) is 3.36. The number of carbonyl (C=O) groups is 1. The van der Waals surface area contributed by atoms with Crippen LogP contribution in [0, 0.1) is 0 Å². The van der Waals surface area contributed by atoms with Crippen LogP contribution in [0.4, 0.5) is 5.69 Å². The molecule has 0 saturated heterocycles. The zero-order valence-corrected chi connectivity index (χ0v) is 16.5. The molecule has 5 N–H and O–H groups in total. The predicted molar refractivity (Wildman–Crippen MR) is 117 cm³/mol. The lowest BCUT2D eigenvalue weighted by molar-refractivity contribution is 0.102. The van der Waals surface area contributed by atoms with Crippen LogP contribution >= 0.6 is 11.3 Å². The van der Waals surface area contributed by atoms with Crippen molar-refractivity contribution in [2.24, 2.45) is 5.73 Å². The molecule has 0 atom stereocenters. The molecule has 1 amide bonds. The Morgan fingerprint density at radius 1 is 1.10 bits per heavy atom. The number of nitrogens with two attached hydrogens (primary N) is 1. The fraction of sp³-hybridized carbons (Fsp3) is 0.0476. The Hall–Kier alpha value is -3.82. The number of aromatic amines is 2. The van der Waals surface area contributed by atoms with Gasteiger partial charge in [0.2, 0.25) is 0 Å². The molecule has 0 spiro atoms. The number of hydrogen-bond acceptors (Lipinski definition) is 6. The van der Waals surface area contributed by atoms with E-state index in [9.17, 15) is 4.79 Å². The highest BCUT2D eigenvalue weighted by atomic mass is 32.1. The van der Waals surface area contributed by atoms with Gasteiger partial charge >= 0.3 is 0 Å². The first-order valence-corrected chi connectivity index (χ1v) is 10.1. The number of fused-ring (bicyclic) bond motifs is 1. The first-order chi connectivity index (χ1) is 14.7. The van der Waals surface area contributed by atoms with Crippen LogP contribution in [0.1, 0.15) is 16.1 Å². The lowest BCUT2D eigenvalue weighted by Crippen LogP contribution is -2.13. The second-order valence-electron chi connectivity index (χ2n) is 6.74. The molecule has 8 nitrogen and oxygen atoms in total. The van der Waals surface area contributed by atoms with E-state index < -0.39 is 0 Å². The van der Waals surface area contributed by atoms with E-state index in [0.29, 0.717) is 17.9 Å². The summed E-state index contributed by atoms with van der Waals surface area (Å²) in [6.45, 7) is 0.480. The van der Waals surface area contributed by atoms with Crippen LogP contribution in [0.25, 0.3) is 32.6 Å². The molecule has 148 valence electrons. The standard InChI is InChI=1S/C21H17N7OS/c22-7-12-1-3-13(4-2-12)16-5-14-8-25-28-17(14)6-18(16)26-20(29)19-11-30-21(27-19)15-9-23-24-10-15/h1-6,8-11H,7,22H2,(H,23,24)(H,25,28)(H,26,29). The van der Waals surface area contributed by atoms with Gasteiger partial charge in [0.15, 0.2) is 0 Å². The number of rotatable bonds is 5. The van der Waals surface area contributed by atoms with E-state index in [1.807, 2.05) is 36.4 Å². The normalized spacial score (nSPS) is 11.1. The van der Waals surface area contributed by atoms with Gasteiger partial charge in [-0.05, 0) is 23.3 Å². The van der Waals surface area contributed by atoms with Crippen LogP contribution in [0.15, 0.2) is 60.4 Å². The summed E-state index contributed by atoms with van der Waals surface area (Å²) >= 11 is 1.39. The van der Waals surface area contributed by atoms with E-state index in [1.54, 1.807) is 24.0 Å². The van der Waals surface area contributed by atoms with Crippen molar-refractivity contribution >= 4 is 33.8 Å². The van der Waals surface area contributed by atoms with Crippen molar-refractivity contribution in [1.29, 1.82) is 0 Å². The van der Waals surface area contributed by atoms with Gasteiger partial charge < -0.3 is 11.1 Å². The molecule has 30 heavy (non-hydrogen) atoms. The Morgan fingerprint density at radius 2 is 1.97 bits per heavy atom. The van der Waals surface area contributed by atoms with Gasteiger partial charge in [0, 0.05) is 34.6 Å². The molecule has 3 aromatic heterocycles. The molecule has 9 heteroatoms. The fourth-order valence-electron chi connectivity index (χ4n) is 3.22. The largest absolute Gasteiger partial charge is 0.326 e. The summed E-state index contributed by atoms with van der Waals surface area (Å²) in [5, 5.41) is 20.2. The highest BCUT2D eigenvalue weighted by Gasteiger charge is 2.16. The van der Waals surface area contributed by atoms with E-state index in [0.717, 1.165) is 38.2 Å². The molecule has 3 heterocycles. The maximum absolute atomic E-state index is 12.9. The van der Waals surface area contributed by atoms with E-state index in [4.69, 9.17) is 5.73 Å². The second-order valence-corrected chi connectivity index (χ2v) is 7.59. The zero-order valence-electron chi connectivity index (χ0n) is 15.7. The summed E-state index contributed by atoms with van der Waals surface area (Å²) in [5.74, 6) is -0.278. The Labute approximate surface area is 175 Å². The molecule has 5 rings (SSSR count). The van der Waals surface area contributed by atoms with Crippen molar-refractivity contribution in [2.75, 3.05) is 5.32 Å². The van der Waals surface area contributed by atoms with Gasteiger partial charge in [0.25, 0.3) is 5.91 Å². The van der Waals surface area contributed by atoms with Gasteiger partial charge in [-0.1, -0.05) is 24.3 Å². The topological polar surface area (TPSA) is 125 Å². The molecule has 0 aliphatic rings. The number of aromatic nitrogens is 5. The quantitative estimate of drug-likeness (QED) is 0.347. The summed E-state index contributed by atoms with van der Waals surface area (Å²) in [7, 11) is 0. The van der Waals surface area contributed by atoms with Gasteiger partial charge in [-0.15, -0.1) is 11.3 Å². The average Bonchev–Trinajstić information content (AvgIpc) is 3.54. The molecule has 0 unspecified atom stereocenters. The molecule has 0 radical (unpaired) electrons. The number of hydrogen-bond donors (Lipinski definition) is 4. The van der Waals surface area contributed by atoms with E-state index >= 15 is 0 Å². The number of nitrogens with one attached hydrogen (secondary N) is 3. The molecular formula is C21H17N7OS. The maximum Gasteiger partial charge on any atom is 0.275 e. The minimum absolute atomic E-state index is 0.278. The summed E-state index contributed by atoms with van der Waals surface area (Å²) in [6, 6.07) is 11.9. The Bertz CT molecular complexity index is 1320. The second kappa shape index (κ2) is 7.54. The Kier molecular flexibility index (Phi) is 4.58. The first kappa shape index (κ1) is 18.2. The number of carbonyl (C=O) groups excluding carboxylic acids is 1. The van der Waals surface area contributed by atoms with Gasteiger partial charge in [-0.3, -0.25) is 15.0 Å². The summed E-state index contributed by atoms with van der Waals surface area (Å²) in [4.78, 5) is 17.4. The summed E-state index contributed by atoms with van der Waals surface area (Å²) in [6.07, 6.45) is 5.18. The number of nitrogens with zero attached hydrogens (tertiary/aromatic N) is 3. The van der Waals surface area contributed by atoms with E-state index in [-0.39, 0.29) is 5.91 Å². The highest BCUT2D eigenvalue weighted by molar-refractivity contribution is 7.13. The van der Waals surface area contributed by atoms with Crippen LogP contribution in [0.3, 0.4) is 0 Å². The fourth-order valence-corrected chi connectivity index (χ4v) is 4.00. The third-order valence-electron chi connectivity index (χ3n) is 4.81. The first-order valence-electron chi connectivity index (χ1n) is 9.24. The smallest absolute Gasteiger partial charge is 0.275 e. The minimum atomic E-state index is -0.278. The number of benzene rings is 2. The van der Waals surface area contributed by atoms with Gasteiger partial charge in [-0.25, -0.2) is 4.98 Å². The predicted octanol–water partition coefficient (Wildman–Crippen LogP) is 3.79. The number of H-pyrrole nitrogens is 2. The number of thiazole rings is 1. The summed E-state index contributed by atoms with van der Waals surface area (Å²) < 4.78 is 0. The van der Waals surface area contributed by atoms with Crippen molar-refractivity contribution in [3.8, 4) is 21.7 Å². The zero-order chi connectivity index (χ0) is 20.5. The SMILES string of the molecule is NCc1ccc(-c2cc3cn[nH]c3cc2NC(=O)c2csc(-c3cn[nH]c3)n2)cc1. The average molecular weight is 415 g/mol. The van der Waals surface area contributed by atoms with Crippen molar-refractivity contribution in [2.45, 2.75) is 6.54 Å². The van der Waals surface area contributed by atoms with Crippen molar-refractivity contribution < 1.29 is 4.79 Å². The van der Waals surface area contributed by atoms with Crippen molar-refractivity contribution in [1.82, 2.24) is 25.4 Å². The van der Waals surface area contributed by atoms with Crippen LogP contribution in [-0.2, 0) is 6.54 Å². The summed E-state index contributed by atoms with van der Waals surface area (Å²) in [5.41, 5.74) is 11.3. The Balaban J connectivity index is 1.50. The van der Waals surface area contributed by atoms with Crippen molar-refractivity contribution in [3.63, 3.8) is 0 Å². The lowest BCUT2D eigenvalue weighted by Gasteiger charge is -2.12.